The first-order chi connectivity index (χ1) is 6.74. The molecule has 2 aliphatic rings. The standard InChI is InChI=1S/C11H20O3/c1-4-12-9-6-14-10-8(7(2)3)5-13-11(9)10/h7-11H,4-6H2,1-3H3/t8-,9+,10+,11+/m0/s1. The predicted octanol–water partition coefficient (Wildman–Crippen LogP) is 1.46. The summed E-state index contributed by atoms with van der Waals surface area (Å²) < 4.78 is 17.1. The van der Waals surface area contributed by atoms with E-state index in [9.17, 15) is 0 Å². The molecule has 3 heteroatoms. The van der Waals surface area contributed by atoms with Gasteiger partial charge in [-0.3, -0.25) is 0 Å². The molecular formula is C11H20O3. The molecule has 0 bridgehead atoms. The summed E-state index contributed by atoms with van der Waals surface area (Å²) in [5.74, 6) is 1.18. The fourth-order valence-corrected chi connectivity index (χ4v) is 2.42. The van der Waals surface area contributed by atoms with Crippen molar-refractivity contribution in [3.8, 4) is 0 Å². The number of hydrogen-bond donors (Lipinski definition) is 0. The van der Waals surface area contributed by atoms with E-state index in [1.165, 1.54) is 0 Å². The summed E-state index contributed by atoms with van der Waals surface area (Å²) in [6, 6.07) is 0. The Hall–Kier alpha value is -0.120. The molecule has 2 heterocycles. The first kappa shape index (κ1) is 10.4. The molecule has 2 rings (SSSR count). The van der Waals surface area contributed by atoms with Crippen molar-refractivity contribution in [2.24, 2.45) is 11.8 Å². The van der Waals surface area contributed by atoms with E-state index >= 15 is 0 Å². The van der Waals surface area contributed by atoms with Gasteiger partial charge in [-0.2, -0.15) is 0 Å². The van der Waals surface area contributed by atoms with Crippen LogP contribution in [0.4, 0.5) is 0 Å². The SMILES string of the molecule is CCO[C@@H]1CO[C@H]2[C@@H]1OC[C@H]2C(C)C. The van der Waals surface area contributed by atoms with Gasteiger partial charge in [0.05, 0.1) is 19.3 Å². The molecule has 0 N–H and O–H groups in total. The molecule has 2 fully saturated rings. The lowest BCUT2D eigenvalue weighted by Crippen LogP contribution is -2.32. The highest BCUT2D eigenvalue weighted by Gasteiger charge is 2.48. The maximum Gasteiger partial charge on any atom is 0.112 e. The van der Waals surface area contributed by atoms with Crippen LogP contribution in [0.25, 0.3) is 0 Å². The fraction of sp³-hybridized carbons (Fsp3) is 1.00. The number of ether oxygens (including phenoxy) is 3. The molecule has 2 aliphatic heterocycles. The van der Waals surface area contributed by atoms with E-state index < -0.39 is 0 Å². The van der Waals surface area contributed by atoms with Gasteiger partial charge in [-0.25, -0.2) is 0 Å². The number of hydrogen-bond acceptors (Lipinski definition) is 3. The molecule has 0 aromatic rings. The van der Waals surface area contributed by atoms with Gasteiger partial charge in [0, 0.05) is 12.5 Å². The van der Waals surface area contributed by atoms with E-state index in [1.54, 1.807) is 0 Å². The molecule has 0 unspecified atom stereocenters. The maximum absolute atomic E-state index is 5.77. The third-order valence-corrected chi connectivity index (χ3v) is 3.28. The Balaban J connectivity index is 1.97. The lowest BCUT2D eigenvalue weighted by Gasteiger charge is -2.19. The smallest absolute Gasteiger partial charge is 0.112 e. The molecule has 0 spiro atoms. The van der Waals surface area contributed by atoms with Crippen molar-refractivity contribution in [2.45, 2.75) is 39.1 Å². The van der Waals surface area contributed by atoms with Crippen molar-refractivity contribution in [1.82, 2.24) is 0 Å². The molecular weight excluding hydrogens is 180 g/mol. The molecule has 3 nitrogen and oxygen atoms in total. The van der Waals surface area contributed by atoms with Crippen molar-refractivity contribution in [3.05, 3.63) is 0 Å². The van der Waals surface area contributed by atoms with E-state index in [0.717, 1.165) is 13.2 Å². The third-order valence-electron chi connectivity index (χ3n) is 3.28. The third kappa shape index (κ3) is 1.69. The van der Waals surface area contributed by atoms with Gasteiger partial charge >= 0.3 is 0 Å². The zero-order valence-corrected chi connectivity index (χ0v) is 9.23. The molecule has 14 heavy (non-hydrogen) atoms. The Morgan fingerprint density at radius 2 is 1.93 bits per heavy atom. The van der Waals surface area contributed by atoms with E-state index in [-0.39, 0.29) is 18.3 Å². The van der Waals surface area contributed by atoms with Crippen LogP contribution < -0.4 is 0 Å². The van der Waals surface area contributed by atoms with Crippen LogP contribution >= 0.6 is 0 Å². The van der Waals surface area contributed by atoms with Crippen LogP contribution in [0.5, 0.6) is 0 Å². The summed E-state index contributed by atoms with van der Waals surface area (Å²) in [6.07, 6.45) is 0.614. The van der Waals surface area contributed by atoms with Gasteiger partial charge in [0.15, 0.2) is 0 Å². The van der Waals surface area contributed by atoms with Crippen molar-refractivity contribution in [2.75, 3.05) is 19.8 Å². The van der Waals surface area contributed by atoms with Crippen molar-refractivity contribution in [3.63, 3.8) is 0 Å². The lowest BCUT2D eigenvalue weighted by molar-refractivity contribution is -0.0287. The molecule has 4 atom stereocenters. The van der Waals surface area contributed by atoms with Crippen molar-refractivity contribution in [1.29, 1.82) is 0 Å². The van der Waals surface area contributed by atoms with E-state index in [4.69, 9.17) is 14.2 Å². The van der Waals surface area contributed by atoms with Crippen LogP contribution in [0.15, 0.2) is 0 Å². The largest absolute Gasteiger partial charge is 0.373 e. The highest BCUT2D eigenvalue weighted by Crippen LogP contribution is 2.36. The molecule has 0 amide bonds. The predicted molar refractivity (Wildman–Crippen MR) is 53.2 cm³/mol. The van der Waals surface area contributed by atoms with Crippen LogP contribution in [0.1, 0.15) is 20.8 Å². The van der Waals surface area contributed by atoms with Gasteiger partial charge in [0.1, 0.15) is 12.2 Å². The average Bonchev–Trinajstić information content (AvgIpc) is 2.67. The second kappa shape index (κ2) is 4.17. The Labute approximate surface area is 85.7 Å². The molecule has 2 saturated heterocycles. The Bertz CT molecular complexity index is 193. The number of rotatable bonds is 3. The Morgan fingerprint density at radius 3 is 2.57 bits per heavy atom. The minimum absolute atomic E-state index is 0.161. The average molecular weight is 200 g/mol. The first-order valence-corrected chi connectivity index (χ1v) is 5.58. The monoisotopic (exact) mass is 200 g/mol. The Morgan fingerprint density at radius 1 is 1.21 bits per heavy atom. The molecule has 82 valence electrons. The van der Waals surface area contributed by atoms with Crippen LogP contribution in [0.3, 0.4) is 0 Å². The minimum Gasteiger partial charge on any atom is -0.373 e. The zero-order valence-electron chi connectivity index (χ0n) is 9.23. The first-order valence-electron chi connectivity index (χ1n) is 5.58. The van der Waals surface area contributed by atoms with Crippen molar-refractivity contribution < 1.29 is 14.2 Å². The van der Waals surface area contributed by atoms with E-state index in [1.807, 2.05) is 6.92 Å². The van der Waals surface area contributed by atoms with E-state index in [2.05, 4.69) is 13.8 Å². The second-order valence-electron chi connectivity index (χ2n) is 4.50. The van der Waals surface area contributed by atoms with Crippen molar-refractivity contribution >= 4 is 0 Å². The molecule has 0 radical (unpaired) electrons. The molecule has 0 saturated carbocycles. The van der Waals surface area contributed by atoms with Crippen LogP contribution in [-0.2, 0) is 14.2 Å². The van der Waals surface area contributed by atoms with Gasteiger partial charge in [-0.15, -0.1) is 0 Å². The number of fused-ring (bicyclic) bond motifs is 1. The molecule has 0 aromatic heterocycles. The maximum atomic E-state index is 5.77. The van der Waals surface area contributed by atoms with Crippen LogP contribution in [-0.4, -0.2) is 38.1 Å². The van der Waals surface area contributed by atoms with Gasteiger partial charge in [-0.1, -0.05) is 13.8 Å². The summed E-state index contributed by atoms with van der Waals surface area (Å²) in [4.78, 5) is 0. The quantitative estimate of drug-likeness (QED) is 0.690. The highest BCUT2D eigenvalue weighted by molar-refractivity contribution is 4.95. The Kier molecular flexibility index (Phi) is 3.10. The molecule has 0 aromatic carbocycles. The van der Waals surface area contributed by atoms with E-state index in [0.29, 0.717) is 18.4 Å². The summed E-state index contributed by atoms with van der Waals surface area (Å²) in [5, 5.41) is 0. The summed E-state index contributed by atoms with van der Waals surface area (Å²) >= 11 is 0. The second-order valence-corrected chi connectivity index (χ2v) is 4.50. The van der Waals surface area contributed by atoms with Gasteiger partial charge in [0.25, 0.3) is 0 Å². The minimum atomic E-state index is 0.161. The van der Waals surface area contributed by atoms with Gasteiger partial charge < -0.3 is 14.2 Å². The van der Waals surface area contributed by atoms with Crippen LogP contribution in [0, 0.1) is 11.8 Å². The van der Waals surface area contributed by atoms with Gasteiger partial charge in [-0.05, 0) is 12.8 Å². The zero-order chi connectivity index (χ0) is 10.1. The van der Waals surface area contributed by atoms with Crippen LogP contribution in [0.2, 0.25) is 0 Å². The normalized spacial score (nSPS) is 42.0. The molecule has 0 aliphatic carbocycles. The summed E-state index contributed by atoms with van der Waals surface area (Å²) in [5.41, 5.74) is 0. The highest BCUT2D eigenvalue weighted by atomic mass is 16.6. The summed E-state index contributed by atoms with van der Waals surface area (Å²) in [6.45, 7) is 8.75. The summed E-state index contributed by atoms with van der Waals surface area (Å²) in [7, 11) is 0. The topological polar surface area (TPSA) is 27.7 Å². The fourth-order valence-electron chi connectivity index (χ4n) is 2.42. The lowest BCUT2D eigenvalue weighted by atomic mass is 9.90. The van der Waals surface area contributed by atoms with Gasteiger partial charge in [0.2, 0.25) is 0 Å².